The molecule has 2 N–H and O–H groups in total. The largest absolute Gasteiger partial charge is 0.367 e. The van der Waals surface area contributed by atoms with Gasteiger partial charge in [-0.2, -0.15) is 4.98 Å². The number of hydrogen-bond acceptors (Lipinski definition) is 5. The summed E-state index contributed by atoms with van der Waals surface area (Å²) < 4.78 is 0. The first-order valence-electron chi connectivity index (χ1n) is 7.68. The Labute approximate surface area is 130 Å². The predicted octanol–water partition coefficient (Wildman–Crippen LogP) is 3.78. The van der Waals surface area contributed by atoms with Gasteiger partial charge in [0, 0.05) is 23.5 Å². The molecule has 22 heavy (non-hydrogen) atoms. The average Bonchev–Trinajstić information content (AvgIpc) is 3.01. The van der Waals surface area contributed by atoms with Gasteiger partial charge >= 0.3 is 0 Å². The maximum Gasteiger partial charge on any atom is 0.229 e. The van der Waals surface area contributed by atoms with E-state index < -0.39 is 0 Å². The highest BCUT2D eigenvalue weighted by Crippen LogP contribution is 2.22. The van der Waals surface area contributed by atoms with Crippen molar-refractivity contribution in [2.75, 3.05) is 10.6 Å². The topological polar surface area (TPSA) is 66.9 Å². The van der Waals surface area contributed by atoms with Crippen LogP contribution in [-0.2, 0) is 0 Å². The van der Waals surface area contributed by atoms with E-state index in [9.17, 15) is 4.79 Å². The van der Waals surface area contributed by atoms with Crippen molar-refractivity contribution in [1.82, 2.24) is 9.97 Å². The lowest BCUT2D eigenvalue weighted by molar-refractivity contribution is 0.101. The highest BCUT2D eigenvalue weighted by Gasteiger charge is 2.15. The van der Waals surface area contributed by atoms with E-state index in [1.807, 2.05) is 24.3 Å². The Morgan fingerprint density at radius 1 is 1.23 bits per heavy atom. The lowest BCUT2D eigenvalue weighted by Crippen LogP contribution is -2.15. The fourth-order valence-electron chi connectivity index (χ4n) is 2.72. The van der Waals surface area contributed by atoms with E-state index in [-0.39, 0.29) is 5.78 Å². The Morgan fingerprint density at radius 2 is 2.05 bits per heavy atom. The Kier molecular flexibility index (Phi) is 4.32. The fraction of sp³-hybridized carbons (Fsp3) is 0.353. The number of Topliss-reactive ketones (excluding diaryl/α,β-unsaturated/α-hetero) is 1. The van der Waals surface area contributed by atoms with Crippen LogP contribution in [0.25, 0.3) is 0 Å². The Bertz CT molecular complexity index is 665. The molecule has 1 saturated carbocycles. The second-order valence-corrected chi connectivity index (χ2v) is 5.65. The van der Waals surface area contributed by atoms with Crippen molar-refractivity contribution in [3.63, 3.8) is 0 Å². The second kappa shape index (κ2) is 6.56. The molecule has 1 heterocycles. The molecule has 1 aromatic carbocycles. The molecule has 2 aromatic rings. The van der Waals surface area contributed by atoms with E-state index in [0.29, 0.717) is 17.6 Å². The number of nitrogens with zero attached hydrogens (tertiary/aromatic N) is 2. The number of nitrogens with one attached hydrogen (secondary N) is 2. The average molecular weight is 296 g/mol. The van der Waals surface area contributed by atoms with Gasteiger partial charge in [0.05, 0.1) is 0 Å². The minimum absolute atomic E-state index is 0.0428. The summed E-state index contributed by atoms with van der Waals surface area (Å²) in [5.41, 5.74) is 1.48. The minimum atomic E-state index is 0.0428. The molecule has 0 aliphatic heterocycles. The molecule has 0 spiro atoms. The van der Waals surface area contributed by atoms with Crippen LogP contribution in [0, 0.1) is 0 Å². The van der Waals surface area contributed by atoms with Crippen molar-refractivity contribution in [2.24, 2.45) is 0 Å². The molecule has 1 fully saturated rings. The Hall–Kier alpha value is -2.43. The van der Waals surface area contributed by atoms with Crippen molar-refractivity contribution >= 4 is 23.2 Å². The Balaban J connectivity index is 1.72. The van der Waals surface area contributed by atoms with Gasteiger partial charge in [0.25, 0.3) is 0 Å². The van der Waals surface area contributed by atoms with Gasteiger partial charge in [-0.3, -0.25) is 4.79 Å². The zero-order valence-corrected chi connectivity index (χ0v) is 12.7. The smallest absolute Gasteiger partial charge is 0.229 e. The van der Waals surface area contributed by atoms with E-state index in [1.54, 1.807) is 19.2 Å². The maximum absolute atomic E-state index is 11.4. The van der Waals surface area contributed by atoms with E-state index in [2.05, 4.69) is 20.6 Å². The number of benzene rings is 1. The number of carbonyl (C=O) groups is 1. The summed E-state index contributed by atoms with van der Waals surface area (Å²) in [6, 6.07) is 9.75. The highest BCUT2D eigenvalue weighted by molar-refractivity contribution is 5.95. The first kappa shape index (κ1) is 14.5. The number of carbonyl (C=O) groups excluding carboxylic acids is 1. The van der Waals surface area contributed by atoms with Gasteiger partial charge < -0.3 is 10.6 Å². The standard InChI is InChI=1S/C17H20N4O/c1-12(22)13-5-4-8-15(11-13)20-17-18-10-9-16(21-17)19-14-6-2-3-7-14/h4-5,8-11,14H,2-3,6-7H2,1H3,(H2,18,19,20,21). The second-order valence-electron chi connectivity index (χ2n) is 5.65. The van der Waals surface area contributed by atoms with Crippen molar-refractivity contribution < 1.29 is 4.79 Å². The number of aromatic nitrogens is 2. The first-order valence-corrected chi connectivity index (χ1v) is 7.68. The molecule has 0 unspecified atom stereocenters. The van der Waals surface area contributed by atoms with Crippen molar-refractivity contribution in [3.8, 4) is 0 Å². The van der Waals surface area contributed by atoms with Crippen LogP contribution in [0.3, 0.4) is 0 Å². The third-order valence-electron chi connectivity index (χ3n) is 3.89. The van der Waals surface area contributed by atoms with Gasteiger partial charge in [-0.25, -0.2) is 4.98 Å². The summed E-state index contributed by atoms with van der Waals surface area (Å²) in [4.78, 5) is 20.2. The zero-order chi connectivity index (χ0) is 15.4. The van der Waals surface area contributed by atoms with Gasteiger partial charge in [0.15, 0.2) is 5.78 Å². The molecule has 0 radical (unpaired) electrons. The van der Waals surface area contributed by atoms with Gasteiger partial charge in [-0.15, -0.1) is 0 Å². The summed E-state index contributed by atoms with van der Waals surface area (Å²) in [5.74, 6) is 1.41. The van der Waals surface area contributed by atoms with E-state index in [0.717, 1.165) is 11.5 Å². The van der Waals surface area contributed by atoms with Gasteiger partial charge in [-0.1, -0.05) is 25.0 Å². The van der Waals surface area contributed by atoms with Crippen LogP contribution in [0.15, 0.2) is 36.5 Å². The maximum atomic E-state index is 11.4. The number of ketones is 1. The number of rotatable bonds is 5. The summed E-state index contributed by atoms with van der Waals surface area (Å²) in [6.07, 6.45) is 6.71. The lowest BCUT2D eigenvalue weighted by atomic mass is 10.1. The van der Waals surface area contributed by atoms with E-state index >= 15 is 0 Å². The first-order chi connectivity index (χ1) is 10.7. The minimum Gasteiger partial charge on any atom is -0.367 e. The quantitative estimate of drug-likeness (QED) is 0.822. The molecule has 3 rings (SSSR count). The molecule has 0 amide bonds. The van der Waals surface area contributed by atoms with Gasteiger partial charge in [0.1, 0.15) is 5.82 Å². The van der Waals surface area contributed by atoms with E-state index in [4.69, 9.17) is 0 Å². The SMILES string of the molecule is CC(=O)c1cccc(Nc2nccc(NC3CCCC3)n2)c1. The van der Waals surface area contributed by atoms with Crippen LogP contribution in [0.4, 0.5) is 17.5 Å². The molecule has 5 heteroatoms. The lowest BCUT2D eigenvalue weighted by Gasteiger charge is -2.13. The van der Waals surface area contributed by atoms with E-state index in [1.165, 1.54) is 25.7 Å². The molecule has 0 bridgehead atoms. The summed E-state index contributed by atoms with van der Waals surface area (Å²) in [6.45, 7) is 1.56. The van der Waals surface area contributed by atoms with Crippen molar-refractivity contribution in [3.05, 3.63) is 42.1 Å². The van der Waals surface area contributed by atoms with Crippen LogP contribution in [0.2, 0.25) is 0 Å². The van der Waals surface area contributed by atoms with Crippen LogP contribution < -0.4 is 10.6 Å². The molecule has 1 aliphatic carbocycles. The monoisotopic (exact) mass is 296 g/mol. The molecule has 114 valence electrons. The summed E-state index contributed by atoms with van der Waals surface area (Å²) in [7, 11) is 0. The van der Waals surface area contributed by atoms with Crippen molar-refractivity contribution in [1.29, 1.82) is 0 Å². The fourth-order valence-corrected chi connectivity index (χ4v) is 2.72. The van der Waals surface area contributed by atoms with Gasteiger partial charge in [0.2, 0.25) is 5.95 Å². The third-order valence-corrected chi connectivity index (χ3v) is 3.89. The predicted molar refractivity (Wildman–Crippen MR) is 87.6 cm³/mol. The van der Waals surface area contributed by atoms with Crippen molar-refractivity contribution in [2.45, 2.75) is 38.6 Å². The van der Waals surface area contributed by atoms with Crippen LogP contribution >= 0.6 is 0 Å². The third kappa shape index (κ3) is 3.61. The summed E-state index contributed by atoms with van der Waals surface area (Å²) >= 11 is 0. The van der Waals surface area contributed by atoms with Crippen LogP contribution in [-0.4, -0.2) is 21.8 Å². The molecular weight excluding hydrogens is 276 g/mol. The number of hydrogen-bond donors (Lipinski definition) is 2. The zero-order valence-electron chi connectivity index (χ0n) is 12.7. The Morgan fingerprint density at radius 3 is 2.82 bits per heavy atom. The molecule has 1 aliphatic rings. The highest BCUT2D eigenvalue weighted by atomic mass is 16.1. The van der Waals surface area contributed by atoms with Gasteiger partial charge in [-0.05, 0) is 38.0 Å². The number of anilines is 3. The molecule has 5 nitrogen and oxygen atoms in total. The van der Waals surface area contributed by atoms with Crippen LogP contribution in [0.1, 0.15) is 43.0 Å². The molecule has 0 atom stereocenters. The van der Waals surface area contributed by atoms with Crippen LogP contribution in [0.5, 0.6) is 0 Å². The normalized spacial score (nSPS) is 14.8. The molecule has 0 saturated heterocycles. The summed E-state index contributed by atoms with van der Waals surface area (Å²) in [5, 5.41) is 6.60. The molecular formula is C17H20N4O. The molecule has 1 aromatic heterocycles.